The van der Waals surface area contributed by atoms with Gasteiger partial charge in [0.25, 0.3) is 0 Å². The molecule has 1 rings (SSSR count). The molecule has 0 saturated heterocycles. The number of nitrogens with zero attached hydrogens (tertiary/aromatic N) is 4. The number of thioether (sulfide) groups is 1. The molecule has 27 heavy (non-hydrogen) atoms. The Morgan fingerprint density at radius 2 is 2.04 bits per heavy atom. The molecule has 0 amide bonds. The summed E-state index contributed by atoms with van der Waals surface area (Å²) in [6.45, 7) is 8.79. The van der Waals surface area contributed by atoms with Crippen LogP contribution in [0, 0.1) is 18.8 Å². The van der Waals surface area contributed by atoms with E-state index in [4.69, 9.17) is 0 Å². The van der Waals surface area contributed by atoms with Gasteiger partial charge in [-0.3, -0.25) is 0 Å². The van der Waals surface area contributed by atoms with Crippen molar-refractivity contribution in [1.29, 1.82) is 0 Å². The molecule has 1 unspecified atom stereocenters. The molecule has 3 N–H and O–H groups in total. The summed E-state index contributed by atoms with van der Waals surface area (Å²) in [6, 6.07) is 0. The molecule has 0 aliphatic heterocycles. The Morgan fingerprint density at radius 1 is 1.30 bits per heavy atom. The predicted molar refractivity (Wildman–Crippen MR) is 126 cm³/mol. The average molecular weight is 513 g/mol. The maximum absolute atomic E-state index is 9.31. The van der Waals surface area contributed by atoms with Crippen LogP contribution in [0.15, 0.2) is 4.99 Å². The lowest BCUT2D eigenvalue weighted by Crippen LogP contribution is -2.41. The summed E-state index contributed by atoms with van der Waals surface area (Å²) in [6.07, 6.45) is 5.12. The molecule has 0 spiro atoms. The first-order chi connectivity index (χ1) is 12.5. The van der Waals surface area contributed by atoms with Crippen molar-refractivity contribution >= 4 is 41.7 Å². The van der Waals surface area contributed by atoms with Crippen LogP contribution in [0.5, 0.6) is 0 Å². The predicted octanol–water partition coefficient (Wildman–Crippen LogP) is 2.57. The molecule has 0 saturated carbocycles. The Labute approximate surface area is 185 Å². The molecule has 1 heterocycles. The van der Waals surface area contributed by atoms with Crippen LogP contribution < -0.4 is 10.6 Å². The third-order valence-electron chi connectivity index (χ3n) is 4.28. The highest BCUT2D eigenvalue weighted by Gasteiger charge is 2.12. The van der Waals surface area contributed by atoms with Crippen LogP contribution in [0.2, 0.25) is 0 Å². The highest BCUT2D eigenvalue weighted by atomic mass is 127. The lowest BCUT2D eigenvalue weighted by molar-refractivity contribution is 0.243. The maximum Gasteiger partial charge on any atom is 0.191 e. The zero-order chi connectivity index (χ0) is 19.4. The quantitative estimate of drug-likeness (QED) is 0.173. The number of aryl methyl sites for hydroxylation is 1. The number of aliphatic hydroxyl groups excluding tert-OH is 1. The van der Waals surface area contributed by atoms with E-state index in [0.29, 0.717) is 18.4 Å². The van der Waals surface area contributed by atoms with Gasteiger partial charge in [0.2, 0.25) is 0 Å². The fourth-order valence-corrected chi connectivity index (χ4v) is 3.16. The number of aliphatic imine (C=N–C) groups is 1. The van der Waals surface area contributed by atoms with Gasteiger partial charge in [-0.25, -0.2) is 4.99 Å². The van der Waals surface area contributed by atoms with E-state index in [-0.39, 0.29) is 30.6 Å². The summed E-state index contributed by atoms with van der Waals surface area (Å²) in [4.78, 5) is 4.68. The summed E-state index contributed by atoms with van der Waals surface area (Å²) < 4.78 is 1.96. The van der Waals surface area contributed by atoms with Gasteiger partial charge in [0, 0.05) is 26.7 Å². The average Bonchev–Trinajstić information content (AvgIpc) is 2.91. The van der Waals surface area contributed by atoms with Crippen molar-refractivity contribution in [3.8, 4) is 0 Å². The van der Waals surface area contributed by atoms with E-state index >= 15 is 0 Å². The Kier molecular flexibility index (Phi) is 15.1. The van der Waals surface area contributed by atoms with Crippen molar-refractivity contribution in [2.75, 3.05) is 31.7 Å². The molecule has 9 heteroatoms. The van der Waals surface area contributed by atoms with Crippen LogP contribution in [-0.2, 0) is 13.6 Å². The topological polar surface area (TPSA) is 87.4 Å². The number of guanidine groups is 1. The molecule has 1 aromatic rings. The van der Waals surface area contributed by atoms with Gasteiger partial charge in [0.1, 0.15) is 12.4 Å². The Balaban J connectivity index is 0.00000676. The minimum atomic E-state index is 0. The zero-order valence-electron chi connectivity index (χ0n) is 17.4. The van der Waals surface area contributed by atoms with E-state index in [1.54, 1.807) is 0 Å². The standard InChI is InChI=1S/C18H36N6OS.HI/c1-14(2)11-16(7-9-25)12-20-18(19-8-6-10-26-5)21-13-17-23-22-15(3)24(17)4;/h14,16,25H,6-13H2,1-5H3,(H2,19,20,21);1H. The van der Waals surface area contributed by atoms with Crippen molar-refractivity contribution in [1.82, 2.24) is 25.4 Å². The summed E-state index contributed by atoms with van der Waals surface area (Å²) in [5.74, 6) is 4.72. The minimum Gasteiger partial charge on any atom is -0.396 e. The molecule has 1 atom stereocenters. The van der Waals surface area contributed by atoms with Gasteiger partial charge in [-0.2, -0.15) is 11.8 Å². The number of aliphatic hydroxyl groups is 1. The normalized spacial score (nSPS) is 12.8. The highest BCUT2D eigenvalue weighted by Crippen LogP contribution is 2.14. The number of hydrogen-bond acceptors (Lipinski definition) is 5. The number of aromatic nitrogens is 3. The summed E-state index contributed by atoms with van der Waals surface area (Å²) in [5, 5.41) is 24.4. The second-order valence-corrected chi connectivity index (χ2v) is 8.03. The monoisotopic (exact) mass is 512 g/mol. The Morgan fingerprint density at radius 3 is 2.59 bits per heavy atom. The highest BCUT2D eigenvalue weighted by molar-refractivity contribution is 14.0. The number of hydrogen-bond donors (Lipinski definition) is 3. The fourth-order valence-electron chi connectivity index (χ4n) is 2.73. The molecule has 1 aromatic heterocycles. The number of halogens is 1. The molecule has 0 aliphatic rings. The molecule has 0 aliphatic carbocycles. The summed E-state index contributed by atoms with van der Waals surface area (Å²) >= 11 is 1.85. The maximum atomic E-state index is 9.31. The minimum absolute atomic E-state index is 0. The van der Waals surface area contributed by atoms with Gasteiger partial charge in [0.05, 0.1) is 0 Å². The van der Waals surface area contributed by atoms with Gasteiger partial charge in [-0.1, -0.05) is 13.8 Å². The van der Waals surface area contributed by atoms with E-state index in [2.05, 4.69) is 45.9 Å². The van der Waals surface area contributed by atoms with E-state index < -0.39 is 0 Å². The van der Waals surface area contributed by atoms with E-state index in [1.807, 2.05) is 30.3 Å². The van der Waals surface area contributed by atoms with Crippen LogP contribution in [0.1, 0.15) is 44.8 Å². The van der Waals surface area contributed by atoms with Gasteiger partial charge >= 0.3 is 0 Å². The number of rotatable bonds is 12. The van der Waals surface area contributed by atoms with Crippen molar-refractivity contribution < 1.29 is 5.11 Å². The van der Waals surface area contributed by atoms with Crippen LogP contribution in [0.3, 0.4) is 0 Å². The lowest BCUT2D eigenvalue weighted by Gasteiger charge is -2.20. The van der Waals surface area contributed by atoms with Crippen molar-refractivity contribution in [2.24, 2.45) is 23.9 Å². The summed E-state index contributed by atoms with van der Waals surface area (Å²) in [5.41, 5.74) is 0. The molecular weight excluding hydrogens is 475 g/mol. The van der Waals surface area contributed by atoms with Crippen LogP contribution >= 0.6 is 35.7 Å². The smallest absolute Gasteiger partial charge is 0.191 e. The van der Waals surface area contributed by atoms with Gasteiger partial charge in [0.15, 0.2) is 11.8 Å². The lowest BCUT2D eigenvalue weighted by atomic mass is 9.94. The first kappa shape index (κ1) is 26.4. The van der Waals surface area contributed by atoms with E-state index in [0.717, 1.165) is 55.7 Å². The molecule has 0 fully saturated rings. The molecule has 0 radical (unpaired) electrons. The van der Waals surface area contributed by atoms with Gasteiger partial charge in [-0.05, 0) is 50.0 Å². The fraction of sp³-hybridized carbons (Fsp3) is 0.833. The van der Waals surface area contributed by atoms with Crippen LogP contribution in [0.25, 0.3) is 0 Å². The third kappa shape index (κ3) is 11.1. The van der Waals surface area contributed by atoms with Crippen molar-refractivity contribution in [3.63, 3.8) is 0 Å². The van der Waals surface area contributed by atoms with Crippen LogP contribution in [-0.4, -0.2) is 57.5 Å². The van der Waals surface area contributed by atoms with Crippen molar-refractivity contribution in [2.45, 2.75) is 46.6 Å². The first-order valence-electron chi connectivity index (χ1n) is 9.44. The Bertz CT molecular complexity index is 538. The van der Waals surface area contributed by atoms with Gasteiger partial charge < -0.3 is 20.3 Å². The Hall–Kier alpha value is -0.550. The molecule has 7 nitrogen and oxygen atoms in total. The second kappa shape index (κ2) is 15.4. The molecular formula is C18H37IN6OS. The first-order valence-corrected chi connectivity index (χ1v) is 10.8. The zero-order valence-corrected chi connectivity index (χ0v) is 20.5. The van der Waals surface area contributed by atoms with E-state index in [9.17, 15) is 5.11 Å². The largest absolute Gasteiger partial charge is 0.396 e. The summed E-state index contributed by atoms with van der Waals surface area (Å²) in [7, 11) is 1.96. The van der Waals surface area contributed by atoms with E-state index in [1.165, 1.54) is 0 Å². The molecule has 158 valence electrons. The van der Waals surface area contributed by atoms with Crippen LogP contribution in [0.4, 0.5) is 0 Å². The second-order valence-electron chi connectivity index (χ2n) is 7.05. The molecule has 0 aromatic carbocycles. The number of nitrogens with one attached hydrogen (secondary N) is 2. The third-order valence-corrected chi connectivity index (χ3v) is 4.98. The molecule has 0 bridgehead atoms. The van der Waals surface area contributed by atoms with Gasteiger partial charge in [-0.15, -0.1) is 34.2 Å². The SMILES string of the molecule is CSCCCNC(=NCc1nnc(C)n1C)NCC(CCO)CC(C)C.I. The van der Waals surface area contributed by atoms with Crippen molar-refractivity contribution in [3.05, 3.63) is 11.6 Å².